The molecule has 0 N–H and O–H groups in total. The number of thioether (sulfide) groups is 1. The van der Waals surface area contributed by atoms with E-state index in [1.807, 2.05) is 90.3 Å². The van der Waals surface area contributed by atoms with Crippen molar-refractivity contribution < 1.29 is 4.79 Å². The lowest BCUT2D eigenvalue weighted by Crippen LogP contribution is -2.08. The molecule has 0 amide bonds. The van der Waals surface area contributed by atoms with E-state index in [2.05, 4.69) is 20.2 Å². The molecule has 0 fully saturated rings. The number of para-hydroxylation sites is 1. The Morgan fingerprint density at radius 1 is 1.00 bits per heavy atom. The first-order valence-corrected chi connectivity index (χ1v) is 11.4. The zero-order chi connectivity index (χ0) is 23.0. The quantitative estimate of drug-likeness (QED) is 0.278. The summed E-state index contributed by atoms with van der Waals surface area (Å²) >= 11 is 1.36. The Kier molecular flexibility index (Phi) is 7.26. The van der Waals surface area contributed by atoms with Gasteiger partial charge in [-0.15, -0.1) is 10.2 Å². The maximum absolute atomic E-state index is 12.5. The summed E-state index contributed by atoms with van der Waals surface area (Å²) in [6.45, 7) is 0.124. The fourth-order valence-electron chi connectivity index (χ4n) is 3.16. The lowest BCUT2D eigenvalue weighted by molar-refractivity contribution is -0.115. The van der Waals surface area contributed by atoms with Crippen molar-refractivity contribution in [1.82, 2.24) is 19.7 Å². The van der Waals surface area contributed by atoms with Crippen LogP contribution in [0.2, 0.25) is 0 Å². The Balaban J connectivity index is 1.44. The van der Waals surface area contributed by atoms with Gasteiger partial charge in [0.15, 0.2) is 16.8 Å². The van der Waals surface area contributed by atoms with Crippen LogP contribution in [0.25, 0.3) is 17.1 Å². The number of aliphatic imine (C=N–C) groups is 1. The molecular formula is C25H24N6OS. The van der Waals surface area contributed by atoms with E-state index in [1.54, 1.807) is 18.6 Å². The summed E-state index contributed by atoms with van der Waals surface area (Å²) < 4.78 is 1.96. The first kappa shape index (κ1) is 22.4. The number of pyridine rings is 1. The fraction of sp³-hybridized carbons (Fsp3) is 0.160. The number of hydrogen-bond donors (Lipinski definition) is 0. The molecular weight excluding hydrogens is 432 g/mol. The first-order chi connectivity index (χ1) is 16.1. The molecule has 0 saturated carbocycles. The normalized spacial score (nSPS) is 11.1. The SMILES string of the molecule is CN(C)c1ccc(C=NCC(=O)CSc2nnc(-c3ccncc3)n2-c2ccccc2)cc1. The average molecular weight is 457 g/mol. The number of carbonyl (C=O) groups excluding carboxylic acids is 1. The maximum Gasteiger partial charge on any atom is 0.196 e. The zero-order valence-electron chi connectivity index (χ0n) is 18.5. The number of nitrogens with zero attached hydrogens (tertiary/aromatic N) is 6. The molecule has 2 aromatic heterocycles. The Labute approximate surface area is 197 Å². The van der Waals surface area contributed by atoms with E-state index in [0.717, 1.165) is 22.5 Å². The van der Waals surface area contributed by atoms with Crippen molar-refractivity contribution in [2.75, 3.05) is 31.3 Å². The second-order valence-electron chi connectivity index (χ2n) is 7.50. The number of ketones is 1. The Hall–Kier alpha value is -3.78. The lowest BCUT2D eigenvalue weighted by Gasteiger charge is -2.11. The molecule has 0 aliphatic rings. The van der Waals surface area contributed by atoms with E-state index >= 15 is 0 Å². The van der Waals surface area contributed by atoms with E-state index in [4.69, 9.17) is 0 Å². The number of Topliss-reactive ketones (excluding diaryl/α,β-unsaturated/α-hetero) is 1. The van der Waals surface area contributed by atoms with Gasteiger partial charge in [0.05, 0.1) is 12.3 Å². The van der Waals surface area contributed by atoms with Crippen LogP contribution in [0.5, 0.6) is 0 Å². The van der Waals surface area contributed by atoms with E-state index in [1.165, 1.54) is 11.8 Å². The summed E-state index contributed by atoms with van der Waals surface area (Å²) in [6.07, 6.45) is 5.18. The Bertz CT molecular complexity index is 1220. The maximum atomic E-state index is 12.5. The molecule has 2 heterocycles. The van der Waals surface area contributed by atoms with Crippen molar-refractivity contribution >= 4 is 29.4 Å². The van der Waals surface area contributed by atoms with E-state index in [-0.39, 0.29) is 18.1 Å². The Morgan fingerprint density at radius 2 is 1.73 bits per heavy atom. The molecule has 166 valence electrons. The molecule has 0 bridgehead atoms. The second kappa shape index (κ2) is 10.7. The molecule has 0 saturated heterocycles. The lowest BCUT2D eigenvalue weighted by atomic mass is 10.2. The Morgan fingerprint density at radius 3 is 2.42 bits per heavy atom. The van der Waals surface area contributed by atoms with Gasteiger partial charge in [-0.05, 0) is 42.0 Å². The summed E-state index contributed by atoms with van der Waals surface area (Å²) in [5, 5.41) is 9.39. The highest BCUT2D eigenvalue weighted by atomic mass is 32.2. The summed E-state index contributed by atoms with van der Waals surface area (Å²) in [5.41, 5.74) is 3.92. The number of benzene rings is 2. The van der Waals surface area contributed by atoms with Gasteiger partial charge in [0.25, 0.3) is 0 Å². The van der Waals surface area contributed by atoms with E-state index < -0.39 is 0 Å². The number of carbonyl (C=O) groups is 1. The van der Waals surface area contributed by atoms with Crippen molar-refractivity contribution in [3.05, 3.63) is 84.7 Å². The van der Waals surface area contributed by atoms with Crippen molar-refractivity contribution in [1.29, 1.82) is 0 Å². The summed E-state index contributed by atoms with van der Waals surface area (Å²) in [4.78, 5) is 22.9. The first-order valence-electron chi connectivity index (χ1n) is 10.4. The van der Waals surface area contributed by atoms with Gasteiger partial charge in [-0.25, -0.2) is 0 Å². The third kappa shape index (κ3) is 5.72. The predicted molar refractivity (Wildman–Crippen MR) is 134 cm³/mol. The van der Waals surface area contributed by atoms with Gasteiger partial charge in [-0.2, -0.15) is 0 Å². The monoisotopic (exact) mass is 456 g/mol. The van der Waals surface area contributed by atoms with E-state index in [9.17, 15) is 4.79 Å². The van der Waals surface area contributed by atoms with Crippen LogP contribution >= 0.6 is 11.8 Å². The molecule has 0 aliphatic heterocycles. The highest BCUT2D eigenvalue weighted by Crippen LogP contribution is 2.27. The molecule has 0 atom stereocenters. The molecule has 33 heavy (non-hydrogen) atoms. The van der Waals surface area contributed by atoms with Crippen LogP contribution in [0.3, 0.4) is 0 Å². The predicted octanol–water partition coefficient (Wildman–Crippen LogP) is 4.18. The zero-order valence-corrected chi connectivity index (χ0v) is 19.3. The topological polar surface area (TPSA) is 76.3 Å². The minimum atomic E-state index is 0.0224. The second-order valence-corrected chi connectivity index (χ2v) is 8.44. The van der Waals surface area contributed by atoms with Crippen molar-refractivity contribution in [2.45, 2.75) is 5.16 Å². The van der Waals surface area contributed by atoms with Gasteiger partial charge >= 0.3 is 0 Å². The van der Waals surface area contributed by atoms with Crippen LogP contribution in [0.15, 0.2) is 89.3 Å². The van der Waals surface area contributed by atoms with Crippen LogP contribution in [-0.4, -0.2) is 58.1 Å². The van der Waals surface area contributed by atoms with Crippen LogP contribution in [0.4, 0.5) is 5.69 Å². The third-order valence-corrected chi connectivity index (χ3v) is 5.85. The molecule has 8 heteroatoms. The highest BCUT2D eigenvalue weighted by Gasteiger charge is 2.17. The highest BCUT2D eigenvalue weighted by molar-refractivity contribution is 7.99. The van der Waals surface area contributed by atoms with Gasteiger partial charge in [0.2, 0.25) is 0 Å². The minimum absolute atomic E-state index is 0.0224. The van der Waals surface area contributed by atoms with Crippen LogP contribution < -0.4 is 4.90 Å². The third-order valence-electron chi connectivity index (χ3n) is 4.87. The van der Waals surface area contributed by atoms with Gasteiger partial charge in [-0.1, -0.05) is 42.1 Å². The molecule has 0 radical (unpaired) electrons. The molecule has 0 spiro atoms. The molecule has 7 nitrogen and oxygen atoms in total. The largest absolute Gasteiger partial charge is 0.378 e. The van der Waals surface area contributed by atoms with Crippen molar-refractivity contribution in [2.24, 2.45) is 4.99 Å². The van der Waals surface area contributed by atoms with Crippen LogP contribution in [0.1, 0.15) is 5.56 Å². The van der Waals surface area contributed by atoms with E-state index in [0.29, 0.717) is 11.0 Å². The molecule has 4 rings (SSSR count). The van der Waals surface area contributed by atoms with Gasteiger partial charge in [0, 0.05) is 49.6 Å². The molecule has 2 aromatic carbocycles. The number of rotatable bonds is 9. The molecule has 4 aromatic rings. The number of anilines is 1. The molecule has 0 unspecified atom stereocenters. The molecule has 0 aliphatic carbocycles. The standard InChI is InChI=1S/C25H24N6OS/c1-30(2)21-10-8-19(9-11-21)16-27-17-23(32)18-33-25-29-28-24(20-12-14-26-15-13-20)31(25)22-6-4-3-5-7-22/h3-16H,17-18H2,1-2H3. The van der Waals surface area contributed by atoms with Crippen molar-refractivity contribution in [3.63, 3.8) is 0 Å². The summed E-state index contributed by atoms with van der Waals surface area (Å²) in [7, 11) is 4.00. The summed E-state index contributed by atoms with van der Waals surface area (Å²) in [6, 6.07) is 21.7. The van der Waals surface area contributed by atoms with Gasteiger partial charge < -0.3 is 4.90 Å². The average Bonchev–Trinajstić information content (AvgIpc) is 3.28. The number of aromatic nitrogens is 4. The van der Waals surface area contributed by atoms with Crippen LogP contribution in [-0.2, 0) is 4.79 Å². The fourth-order valence-corrected chi connectivity index (χ4v) is 3.96. The van der Waals surface area contributed by atoms with Crippen molar-refractivity contribution in [3.8, 4) is 17.1 Å². The van der Waals surface area contributed by atoms with Gasteiger partial charge in [0.1, 0.15) is 0 Å². The van der Waals surface area contributed by atoms with Crippen LogP contribution in [0, 0.1) is 0 Å². The minimum Gasteiger partial charge on any atom is -0.378 e. The van der Waals surface area contributed by atoms with Gasteiger partial charge in [-0.3, -0.25) is 19.3 Å². The smallest absolute Gasteiger partial charge is 0.196 e. The number of hydrogen-bond acceptors (Lipinski definition) is 7. The summed E-state index contributed by atoms with van der Waals surface area (Å²) in [5.74, 6) is 0.991.